The van der Waals surface area contributed by atoms with Crippen LogP contribution < -0.4 is 9.46 Å². The minimum atomic E-state index is -3.80. The number of likely N-dealkylation sites (tertiary alicyclic amines) is 1. The molecule has 4 rings (SSSR count). The lowest BCUT2D eigenvalue weighted by molar-refractivity contribution is 0.0977. The van der Waals surface area contributed by atoms with Gasteiger partial charge < -0.3 is 4.74 Å². The minimum Gasteiger partial charge on any atom is -0.465 e. The molecule has 34 heavy (non-hydrogen) atoms. The molecule has 0 aromatic heterocycles. The maximum absolute atomic E-state index is 14.6. The average Bonchev–Trinajstić information content (AvgIpc) is 3.63. The zero-order valence-electron chi connectivity index (χ0n) is 18.9. The van der Waals surface area contributed by atoms with Crippen LogP contribution in [-0.4, -0.2) is 38.6 Å². The fourth-order valence-electron chi connectivity index (χ4n) is 4.06. The number of rotatable bonds is 7. The van der Waals surface area contributed by atoms with Gasteiger partial charge in [-0.15, -0.1) is 0 Å². The van der Waals surface area contributed by atoms with Crippen molar-refractivity contribution in [3.8, 4) is 11.8 Å². The summed E-state index contributed by atoms with van der Waals surface area (Å²) in [5.74, 6) is -1.29. The van der Waals surface area contributed by atoms with Crippen molar-refractivity contribution >= 4 is 15.9 Å². The lowest BCUT2D eigenvalue weighted by Crippen LogP contribution is -2.30. The van der Waals surface area contributed by atoms with Crippen LogP contribution in [0.5, 0.6) is 5.75 Å². The second-order valence-electron chi connectivity index (χ2n) is 8.79. The number of carbonyl (C=O) groups excluding carboxylic acids is 1. The van der Waals surface area contributed by atoms with Gasteiger partial charge in [0.1, 0.15) is 11.6 Å². The second kappa shape index (κ2) is 9.95. The van der Waals surface area contributed by atoms with Crippen molar-refractivity contribution in [2.45, 2.75) is 38.1 Å². The SMILES string of the molecule is CS(=O)(=O)NC(=O)c1cc(C2CC2)c(OC=C2CCN(Cc3ccccc3C#N)CC2)cc1F. The first-order valence-corrected chi connectivity index (χ1v) is 13.0. The Balaban J connectivity index is 1.42. The van der Waals surface area contributed by atoms with Gasteiger partial charge >= 0.3 is 0 Å². The van der Waals surface area contributed by atoms with E-state index in [2.05, 4.69) is 11.0 Å². The topological polar surface area (TPSA) is 99.5 Å². The summed E-state index contributed by atoms with van der Waals surface area (Å²) in [7, 11) is -3.80. The summed E-state index contributed by atoms with van der Waals surface area (Å²) < 4.78 is 45.0. The second-order valence-corrected chi connectivity index (χ2v) is 10.5. The minimum absolute atomic E-state index is 0.167. The molecule has 1 heterocycles. The highest BCUT2D eigenvalue weighted by molar-refractivity contribution is 7.89. The highest BCUT2D eigenvalue weighted by Gasteiger charge is 2.30. The van der Waals surface area contributed by atoms with Crippen LogP contribution in [-0.2, 0) is 16.6 Å². The summed E-state index contributed by atoms with van der Waals surface area (Å²) in [5, 5.41) is 9.28. The van der Waals surface area contributed by atoms with Gasteiger partial charge in [0.2, 0.25) is 10.0 Å². The molecular formula is C25H26FN3O4S. The number of ether oxygens (including phenoxy) is 1. The highest BCUT2D eigenvalue weighted by Crippen LogP contribution is 2.45. The molecule has 178 valence electrons. The van der Waals surface area contributed by atoms with Crippen molar-refractivity contribution in [2.75, 3.05) is 19.3 Å². The normalized spacial score (nSPS) is 16.6. The van der Waals surface area contributed by atoms with E-state index in [0.717, 1.165) is 62.2 Å². The van der Waals surface area contributed by atoms with Gasteiger partial charge in [0.25, 0.3) is 5.91 Å². The molecule has 2 aromatic rings. The molecule has 0 bridgehead atoms. The first-order chi connectivity index (χ1) is 16.2. The summed E-state index contributed by atoms with van der Waals surface area (Å²) in [6.07, 6.45) is 5.92. The Labute approximate surface area is 198 Å². The lowest BCUT2D eigenvalue weighted by Gasteiger charge is -2.28. The third kappa shape index (κ3) is 6.01. The summed E-state index contributed by atoms with van der Waals surface area (Å²) in [6.45, 7) is 2.36. The zero-order valence-corrected chi connectivity index (χ0v) is 19.7. The number of nitrogens with one attached hydrogen (secondary N) is 1. The smallest absolute Gasteiger partial charge is 0.267 e. The van der Waals surface area contributed by atoms with Crippen molar-refractivity contribution in [3.05, 3.63) is 76.3 Å². The average molecular weight is 484 g/mol. The number of hydrogen-bond acceptors (Lipinski definition) is 6. The van der Waals surface area contributed by atoms with Crippen LogP contribution in [0.1, 0.15) is 58.6 Å². The van der Waals surface area contributed by atoms with Crippen LogP contribution in [0.25, 0.3) is 0 Å². The van der Waals surface area contributed by atoms with Gasteiger partial charge in [-0.25, -0.2) is 17.5 Å². The molecule has 1 amide bonds. The number of sulfonamides is 1. The number of nitrogens with zero attached hydrogens (tertiary/aromatic N) is 2. The third-order valence-electron chi connectivity index (χ3n) is 6.02. The van der Waals surface area contributed by atoms with E-state index >= 15 is 0 Å². The molecule has 1 aliphatic carbocycles. The molecule has 2 aromatic carbocycles. The van der Waals surface area contributed by atoms with Gasteiger partial charge in [-0.3, -0.25) is 9.69 Å². The van der Waals surface area contributed by atoms with Crippen LogP contribution in [0.4, 0.5) is 4.39 Å². The van der Waals surface area contributed by atoms with E-state index in [-0.39, 0.29) is 11.5 Å². The Kier molecular flexibility index (Phi) is 7.00. The molecule has 9 heteroatoms. The summed E-state index contributed by atoms with van der Waals surface area (Å²) in [5.41, 5.74) is 3.21. The van der Waals surface area contributed by atoms with E-state index in [1.807, 2.05) is 29.0 Å². The Morgan fingerprint density at radius 3 is 2.62 bits per heavy atom. The standard InChI is InChI=1S/C25H26FN3O4S/c1-34(31,32)28-25(30)22-12-21(18-6-7-18)24(13-23(22)26)33-16-17-8-10-29(11-9-17)15-20-5-3-2-4-19(20)14-27/h2-5,12-13,16,18H,6-11,15H2,1H3,(H,28,30). The van der Waals surface area contributed by atoms with E-state index in [9.17, 15) is 22.9 Å². The molecule has 0 atom stereocenters. The molecular weight excluding hydrogens is 457 g/mol. The Bertz CT molecular complexity index is 1270. The molecule has 1 saturated heterocycles. The Morgan fingerprint density at radius 1 is 1.26 bits per heavy atom. The predicted octanol–water partition coefficient (Wildman–Crippen LogP) is 3.82. The molecule has 0 unspecified atom stereocenters. The van der Waals surface area contributed by atoms with Crippen LogP contribution in [0, 0.1) is 17.1 Å². The monoisotopic (exact) mass is 483 g/mol. The Morgan fingerprint density at radius 2 is 1.97 bits per heavy atom. The van der Waals surface area contributed by atoms with E-state index in [4.69, 9.17) is 4.74 Å². The van der Waals surface area contributed by atoms with Gasteiger partial charge in [0.05, 0.1) is 29.7 Å². The molecule has 1 N–H and O–H groups in total. The molecule has 1 aliphatic heterocycles. The zero-order chi connectivity index (χ0) is 24.3. The Hall–Kier alpha value is -3.22. The predicted molar refractivity (Wildman–Crippen MR) is 125 cm³/mol. The number of hydrogen-bond donors (Lipinski definition) is 1. The molecule has 7 nitrogen and oxygen atoms in total. The number of nitriles is 1. The lowest BCUT2D eigenvalue weighted by atomic mass is 10.0. The summed E-state index contributed by atoms with van der Waals surface area (Å²) >= 11 is 0. The van der Waals surface area contributed by atoms with Crippen LogP contribution in [0.3, 0.4) is 0 Å². The van der Waals surface area contributed by atoms with E-state index in [1.165, 1.54) is 6.07 Å². The van der Waals surface area contributed by atoms with Crippen molar-refractivity contribution in [3.63, 3.8) is 0 Å². The molecule has 0 radical (unpaired) electrons. The number of piperidine rings is 1. The van der Waals surface area contributed by atoms with Crippen molar-refractivity contribution in [1.29, 1.82) is 5.26 Å². The van der Waals surface area contributed by atoms with Crippen molar-refractivity contribution < 1.29 is 22.3 Å². The van der Waals surface area contributed by atoms with Crippen LogP contribution >= 0.6 is 0 Å². The van der Waals surface area contributed by atoms with Crippen LogP contribution in [0.2, 0.25) is 0 Å². The highest BCUT2D eigenvalue weighted by atomic mass is 32.2. The molecule has 0 spiro atoms. The van der Waals surface area contributed by atoms with E-state index in [1.54, 1.807) is 6.26 Å². The molecule has 2 fully saturated rings. The van der Waals surface area contributed by atoms with E-state index in [0.29, 0.717) is 23.4 Å². The summed E-state index contributed by atoms with van der Waals surface area (Å²) in [6, 6.07) is 12.4. The fourth-order valence-corrected chi connectivity index (χ4v) is 4.50. The first-order valence-electron chi connectivity index (χ1n) is 11.1. The first kappa shape index (κ1) is 23.9. The fraction of sp³-hybridized carbons (Fsp3) is 0.360. The van der Waals surface area contributed by atoms with Gasteiger partial charge in [0, 0.05) is 25.7 Å². The number of halogens is 1. The summed E-state index contributed by atoms with van der Waals surface area (Å²) in [4.78, 5) is 14.5. The van der Waals surface area contributed by atoms with Crippen LogP contribution in [0.15, 0.2) is 48.2 Å². The quantitative estimate of drug-likeness (QED) is 0.601. The number of carbonyl (C=O) groups is 1. The number of benzene rings is 2. The van der Waals surface area contributed by atoms with Crippen molar-refractivity contribution in [1.82, 2.24) is 9.62 Å². The molecule has 2 aliphatic rings. The van der Waals surface area contributed by atoms with E-state index < -0.39 is 21.7 Å². The van der Waals surface area contributed by atoms with Gasteiger partial charge in [-0.2, -0.15) is 5.26 Å². The maximum atomic E-state index is 14.6. The largest absolute Gasteiger partial charge is 0.465 e. The van der Waals surface area contributed by atoms with Gasteiger partial charge in [0.15, 0.2) is 0 Å². The van der Waals surface area contributed by atoms with Crippen molar-refractivity contribution in [2.24, 2.45) is 0 Å². The molecule has 1 saturated carbocycles. The van der Waals surface area contributed by atoms with Gasteiger partial charge in [-0.1, -0.05) is 18.2 Å². The maximum Gasteiger partial charge on any atom is 0.267 e. The number of amides is 1. The van der Waals surface area contributed by atoms with Gasteiger partial charge in [-0.05, 0) is 60.4 Å². The third-order valence-corrected chi connectivity index (χ3v) is 6.58.